The Kier molecular flexibility index (Phi) is 3.58. The number of hydrogen-bond acceptors (Lipinski definition) is 2. The first kappa shape index (κ1) is 15.5. The number of aliphatic carboxylic acids is 1. The van der Waals surface area contributed by atoms with E-state index in [0.717, 1.165) is 31.3 Å². The fourth-order valence-corrected chi connectivity index (χ4v) is 5.04. The minimum Gasteiger partial charge on any atom is -0.481 e. The van der Waals surface area contributed by atoms with Crippen LogP contribution in [0, 0.1) is 22.7 Å². The lowest BCUT2D eigenvalue weighted by Crippen LogP contribution is -2.48. The maximum absolute atomic E-state index is 12.7. The zero-order valence-electron chi connectivity index (χ0n) is 13.8. The standard InChI is InChI=1S/C19H26O3/c1-12(2)13-8-9-19(17(21)22)11-10-18(3)14(16(13)19)6-4-5-7-15(18)20/h5,7,12,14H,4,6,8-11H2,1-3H3,(H,21,22)/t14-,18-,19+/m1/s1. The molecular weight excluding hydrogens is 276 g/mol. The van der Waals surface area contributed by atoms with Crippen LogP contribution in [0.3, 0.4) is 0 Å². The molecule has 3 atom stereocenters. The predicted molar refractivity (Wildman–Crippen MR) is 85.4 cm³/mol. The summed E-state index contributed by atoms with van der Waals surface area (Å²) in [6, 6.07) is 0. The lowest BCUT2D eigenvalue weighted by molar-refractivity contribution is -0.151. The molecule has 22 heavy (non-hydrogen) atoms. The molecule has 3 aliphatic carbocycles. The summed E-state index contributed by atoms with van der Waals surface area (Å²) in [5.74, 6) is -0.0222. The van der Waals surface area contributed by atoms with Crippen molar-refractivity contribution < 1.29 is 14.7 Å². The van der Waals surface area contributed by atoms with Gasteiger partial charge in [-0.15, -0.1) is 0 Å². The van der Waals surface area contributed by atoms with Gasteiger partial charge in [0.2, 0.25) is 0 Å². The van der Waals surface area contributed by atoms with Gasteiger partial charge in [-0.05, 0) is 62.0 Å². The van der Waals surface area contributed by atoms with Gasteiger partial charge >= 0.3 is 5.97 Å². The molecule has 3 rings (SSSR count). The first-order valence-electron chi connectivity index (χ1n) is 8.51. The van der Waals surface area contributed by atoms with Crippen molar-refractivity contribution in [3.8, 4) is 0 Å². The van der Waals surface area contributed by atoms with Gasteiger partial charge in [-0.3, -0.25) is 9.59 Å². The highest BCUT2D eigenvalue weighted by Crippen LogP contribution is 2.62. The molecule has 0 spiro atoms. The topological polar surface area (TPSA) is 54.4 Å². The predicted octanol–water partition coefficient (Wildman–Crippen LogP) is 4.14. The van der Waals surface area contributed by atoms with Crippen LogP contribution in [0.25, 0.3) is 0 Å². The molecule has 0 aliphatic heterocycles. The summed E-state index contributed by atoms with van der Waals surface area (Å²) in [6.07, 6.45) is 8.39. The molecule has 0 radical (unpaired) electrons. The highest BCUT2D eigenvalue weighted by molar-refractivity contribution is 5.96. The third-order valence-electron chi connectivity index (χ3n) is 6.43. The Bertz CT molecular complexity index is 583. The van der Waals surface area contributed by atoms with Crippen molar-refractivity contribution in [2.75, 3.05) is 0 Å². The number of allylic oxidation sites excluding steroid dienone is 3. The van der Waals surface area contributed by atoms with Crippen molar-refractivity contribution in [1.29, 1.82) is 0 Å². The number of carbonyl (C=O) groups excluding carboxylic acids is 1. The second-order valence-corrected chi connectivity index (χ2v) is 7.79. The lowest BCUT2D eigenvalue weighted by Gasteiger charge is -2.48. The minimum absolute atomic E-state index is 0.0970. The van der Waals surface area contributed by atoms with Gasteiger partial charge in [0.15, 0.2) is 5.78 Å². The summed E-state index contributed by atoms with van der Waals surface area (Å²) in [7, 11) is 0. The summed E-state index contributed by atoms with van der Waals surface area (Å²) < 4.78 is 0. The molecular formula is C19H26O3. The maximum Gasteiger partial charge on any atom is 0.313 e. The number of carboxylic acid groups (broad SMARTS) is 1. The lowest BCUT2D eigenvalue weighted by atomic mass is 9.54. The van der Waals surface area contributed by atoms with Crippen molar-refractivity contribution in [1.82, 2.24) is 0 Å². The average Bonchev–Trinajstić information content (AvgIpc) is 2.79. The molecule has 0 amide bonds. The van der Waals surface area contributed by atoms with Gasteiger partial charge in [-0.1, -0.05) is 32.4 Å². The van der Waals surface area contributed by atoms with Crippen LogP contribution in [0.2, 0.25) is 0 Å². The number of ketones is 1. The van der Waals surface area contributed by atoms with Crippen LogP contribution < -0.4 is 0 Å². The van der Waals surface area contributed by atoms with Crippen LogP contribution >= 0.6 is 0 Å². The van der Waals surface area contributed by atoms with Crippen LogP contribution in [0.15, 0.2) is 23.3 Å². The molecule has 3 aliphatic rings. The Hall–Kier alpha value is -1.38. The number of carboxylic acids is 1. The second kappa shape index (κ2) is 5.07. The minimum atomic E-state index is -0.700. The van der Waals surface area contributed by atoms with Crippen LogP contribution in [0.1, 0.15) is 59.3 Å². The summed E-state index contributed by atoms with van der Waals surface area (Å²) in [4.78, 5) is 24.8. The van der Waals surface area contributed by atoms with E-state index >= 15 is 0 Å². The quantitative estimate of drug-likeness (QED) is 0.780. The molecule has 1 saturated carbocycles. The Morgan fingerprint density at radius 2 is 2.05 bits per heavy atom. The third-order valence-corrected chi connectivity index (χ3v) is 6.43. The SMILES string of the molecule is CC(C)C1=C2[C@H]3CCC=CC(=O)[C@]3(C)CC[C@@]2(C(=O)O)CC1. The molecule has 0 aromatic rings. The molecule has 3 nitrogen and oxygen atoms in total. The zero-order valence-corrected chi connectivity index (χ0v) is 13.8. The number of hydrogen-bond donors (Lipinski definition) is 1. The van der Waals surface area contributed by atoms with Gasteiger partial charge in [0, 0.05) is 5.41 Å². The Labute approximate surface area is 132 Å². The van der Waals surface area contributed by atoms with Gasteiger partial charge in [-0.2, -0.15) is 0 Å². The normalized spacial score (nSPS) is 38.0. The first-order chi connectivity index (χ1) is 10.3. The van der Waals surface area contributed by atoms with E-state index in [9.17, 15) is 14.7 Å². The van der Waals surface area contributed by atoms with Gasteiger partial charge < -0.3 is 5.11 Å². The number of fused-ring (bicyclic) bond motifs is 3. The fourth-order valence-electron chi connectivity index (χ4n) is 5.04. The van der Waals surface area contributed by atoms with Gasteiger partial charge in [0.1, 0.15) is 0 Å². The van der Waals surface area contributed by atoms with Crippen molar-refractivity contribution >= 4 is 11.8 Å². The number of rotatable bonds is 2. The third kappa shape index (κ3) is 1.94. The number of carbonyl (C=O) groups is 2. The van der Waals surface area contributed by atoms with E-state index in [0.29, 0.717) is 18.8 Å². The van der Waals surface area contributed by atoms with Gasteiger partial charge in [0.25, 0.3) is 0 Å². The first-order valence-corrected chi connectivity index (χ1v) is 8.51. The van der Waals surface area contributed by atoms with Gasteiger partial charge in [0.05, 0.1) is 5.41 Å². The molecule has 0 aromatic heterocycles. The van der Waals surface area contributed by atoms with Crippen molar-refractivity contribution in [3.63, 3.8) is 0 Å². The molecule has 1 fully saturated rings. The van der Waals surface area contributed by atoms with Crippen LogP contribution in [0.5, 0.6) is 0 Å². The zero-order chi connectivity index (χ0) is 16.1. The maximum atomic E-state index is 12.7. The average molecular weight is 302 g/mol. The molecule has 0 heterocycles. The van der Waals surface area contributed by atoms with E-state index in [-0.39, 0.29) is 11.7 Å². The van der Waals surface area contributed by atoms with Crippen molar-refractivity contribution in [2.45, 2.75) is 59.3 Å². The molecule has 0 aromatic carbocycles. The molecule has 3 heteroatoms. The van der Waals surface area contributed by atoms with E-state index in [2.05, 4.69) is 20.8 Å². The Morgan fingerprint density at radius 3 is 2.68 bits per heavy atom. The van der Waals surface area contributed by atoms with Gasteiger partial charge in [-0.25, -0.2) is 0 Å². The summed E-state index contributed by atoms with van der Waals surface area (Å²) in [6.45, 7) is 6.37. The summed E-state index contributed by atoms with van der Waals surface area (Å²) in [5, 5.41) is 9.97. The smallest absolute Gasteiger partial charge is 0.313 e. The molecule has 1 N–H and O–H groups in total. The molecule has 0 saturated heterocycles. The van der Waals surface area contributed by atoms with Crippen LogP contribution in [0.4, 0.5) is 0 Å². The molecule has 0 unspecified atom stereocenters. The highest BCUT2D eigenvalue weighted by atomic mass is 16.4. The van der Waals surface area contributed by atoms with Crippen molar-refractivity contribution in [3.05, 3.63) is 23.3 Å². The second-order valence-electron chi connectivity index (χ2n) is 7.79. The highest BCUT2D eigenvalue weighted by Gasteiger charge is 2.59. The van der Waals surface area contributed by atoms with E-state index in [1.807, 2.05) is 6.08 Å². The van der Waals surface area contributed by atoms with E-state index < -0.39 is 16.8 Å². The monoisotopic (exact) mass is 302 g/mol. The summed E-state index contributed by atoms with van der Waals surface area (Å²) >= 11 is 0. The largest absolute Gasteiger partial charge is 0.481 e. The van der Waals surface area contributed by atoms with E-state index in [1.165, 1.54) is 5.57 Å². The fraction of sp³-hybridized carbons (Fsp3) is 0.684. The van der Waals surface area contributed by atoms with Crippen LogP contribution in [-0.4, -0.2) is 16.9 Å². The summed E-state index contributed by atoms with van der Waals surface area (Å²) in [5.41, 5.74) is 1.33. The molecule has 0 bridgehead atoms. The van der Waals surface area contributed by atoms with Crippen molar-refractivity contribution in [2.24, 2.45) is 22.7 Å². The molecule has 120 valence electrons. The van der Waals surface area contributed by atoms with Crippen LogP contribution in [-0.2, 0) is 9.59 Å². The Morgan fingerprint density at radius 1 is 1.32 bits per heavy atom. The Balaban J connectivity index is 2.18. The van der Waals surface area contributed by atoms with E-state index in [1.54, 1.807) is 6.08 Å². The van der Waals surface area contributed by atoms with E-state index in [4.69, 9.17) is 0 Å².